The Morgan fingerprint density at radius 2 is 2.40 bits per heavy atom. The van der Waals surface area contributed by atoms with E-state index in [1.165, 1.54) is 0 Å². The van der Waals surface area contributed by atoms with Crippen LogP contribution >= 0.6 is 0 Å². The van der Waals surface area contributed by atoms with Gasteiger partial charge in [-0.3, -0.25) is 4.79 Å². The average Bonchev–Trinajstić information content (AvgIpc) is 2.65. The van der Waals surface area contributed by atoms with Crippen LogP contribution < -0.4 is 10.6 Å². The van der Waals surface area contributed by atoms with E-state index in [0.717, 1.165) is 19.3 Å². The summed E-state index contributed by atoms with van der Waals surface area (Å²) in [6.07, 6.45) is 5.12. The molecule has 2 N–H and O–H groups in total. The van der Waals surface area contributed by atoms with Gasteiger partial charge in [0.25, 0.3) is 0 Å². The third-order valence-corrected chi connectivity index (χ3v) is 2.68. The number of rotatable bonds is 6. The zero-order chi connectivity index (χ0) is 11.1. The highest BCUT2D eigenvalue weighted by atomic mass is 16.5. The Labute approximate surface area is 91.1 Å². The highest BCUT2D eigenvalue weighted by Crippen LogP contribution is 2.21. The van der Waals surface area contributed by atoms with Crippen molar-refractivity contribution in [1.29, 1.82) is 0 Å². The summed E-state index contributed by atoms with van der Waals surface area (Å²) in [5.41, 5.74) is 0. The van der Waals surface area contributed by atoms with Crippen molar-refractivity contribution in [2.24, 2.45) is 0 Å². The van der Waals surface area contributed by atoms with E-state index in [1.54, 1.807) is 13.2 Å². The van der Waals surface area contributed by atoms with Crippen LogP contribution in [0.1, 0.15) is 19.3 Å². The van der Waals surface area contributed by atoms with Gasteiger partial charge in [0.2, 0.25) is 5.91 Å². The number of nitrogens with one attached hydrogen (secondary N) is 2. The molecule has 1 aliphatic rings. The van der Waals surface area contributed by atoms with E-state index in [4.69, 9.17) is 4.74 Å². The van der Waals surface area contributed by atoms with Gasteiger partial charge in [0, 0.05) is 13.7 Å². The standard InChI is InChI=1S/C11H20N2O2/c1-3-7-12-8-11(14)13-9-5-4-6-10(9)15-2/h3,9-10,12H,1,4-8H2,2H3,(H,13,14). The maximum atomic E-state index is 11.5. The van der Waals surface area contributed by atoms with Crippen molar-refractivity contribution in [3.05, 3.63) is 12.7 Å². The highest BCUT2D eigenvalue weighted by Gasteiger charge is 2.27. The molecule has 4 heteroatoms. The second-order valence-electron chi connectivity index (χ2n) is 3.80. The number of methoxy groups -OCH3 is 1. The summed E-state index contributed by atoms with van der Waals surface area (Å²) < 4.78 is 5.30. The van der Waals surface area contributed by atoms with Crippen molar-refractivity contribution in [2.45, 2.75) is 31.4 Å². The van der Waals surface area contributed by atoms with Gasteiger partial charge in [0.05, 0.1) is 18.7 Å². The van der Waals surface area contributed by atoms with Gasteiger partial charge in [-0.15, -0.1) is 6.58 Å². The van der Waals surface area contributed by atoms with Gasteiger partial charge in [0.15, 0.2) is 0 Å². The van der Waals surface area contributed by atoms with Crippen LogP contribution in [0.2, 0.25) is 0 Å². The molecule has 2 atom stereocenters. The molecule has 0 heterocycles. The maximum absolute atomic E-state index is 11.5. The monoisotopic (exact) mass is 212 g/mol. The SMILES string of the molecule is C=CCNCC(=O)NC1CCCC1OC. The Morgan fingerprint density at radius 1 is 1.60 bits per heavy atom. The van der Waals surface area contributed by atoms with Crippen LogP contribution in [0.4, 0.5) is 0 Å². The minimum atomic E-state index is 0.0331. The van der Waals surface area contributed by atoms with E-state index in [9.17, 15) is 4.79 Å². The molecule has 0 spiro atoms. The number of carbonyl (C=O) groups is 1. The Morgan fingerprint density at radius 3 is 3.07 bits per heavy atom. The fraction of sp³-hybridized carbons (Fsp3) is 0.727. The molecular weight excluding hydrogens is 192 g/mol. The molecule has 2 unspecified atom stereocenters. The molecular formula is C11H20N2O2. The zero-order valence-corrected chi connectivity index (χ0v) is 9.29. The van der Waals surface area contributed by atoms with Crippen LogP contribution in [0.25, 0.3) is 0 Å². The largest absolute Gasteiger partial charge is 0.379 e. The second-order valence-corrected chi connectivity index (χ2v) is 3.80. The topological polar surface area (TPSA) is 50.4 Å². The number of hydrogen-bond donors (Lipinski definition) is 2. The van der Waals surface area contributed by atoms with Crippen molar-refractivity contribution in [1.82, 2.24) is 10.6 Å². The average molecular weight is 212 g/mol. The lowest BCUT2D eigenvalue weighted by molar-refractivity contribution is -0.121. The first-order valence-corrected chi connectivity index (χ1v) is 5.41. The molecule has 15 heavy (non-hydrogen) atoms. The summed E-state index contributed by atoms with van der Waals surface area (Å²) >= 11 is 0. The van der Waals surface area contributed by atoms with Gasteiger partial charge in [-0.1, -0.05) is 6.08 Å². The number of hydrogen-bond acceptors (Lipinski definition) is 3. The summed E-state index contributed by atoms with van der Waals surface area (Å²) in [5.74, 6) is 0.0331. The van der Waals surface area contributed by atoms with Crippen molar-refractivity contribution < 1.29 is 9.53 Å². The third-order valence-electron chi connectivity index (χ3n) is 2.68. The van der Waals surface area contributed by atoms with E-state index in [1.807, 2.05) is 0 Å². The van der Waals surface area contributed by atoms with Crippen LogP contribution in [0, 0.1) is 0 Å². The fourth-order valence-electron chi connectivity index (χ4n) is 1.92. The minimum Gasteiger partial charge on any atom is -0.379 e. The van der Waals surface area contributed by atoms with Gasteiger partial charge in [-0.05, 0) is 19.3 Å². The normalized spacial score (nSPS) is 25.1. The Bertz CT molecular complexity index is 219. The molecule has 1 amide bonds. The smallest absolute Gasteiger partial charge is 0.234 e. The van der Waals surface area contributed by atoms with Crippen LogP contribution in [-0.2, 0) is 9.53 Å². The Hall–Kier alpha value is -0.870. The van der Waals surface area contributed by atoms with Crippen LogP contribution in [-0.4, -0.2) is 38.3 Å². The summed E-state index contributed by atoms with van der Waals surface area (Å²) in [5, 5.41) is 5.95. The van der Waals surface area contributed by atoms with Crippen LogP contribution in [0.5, 0.6) is 0 Å². The lowest BCUT2D eigenvalue weighted by atomic mass is 10.2. The van der Waals surface area contributed by atoms with Crippen molar-refractivity contribution in [3.63, 3.8) is 0 Å². The van der Waals surface area contributed by atoms with Crippen molar-refractivity contribution in [3.8, 4) is 0 Å². The molecule has 0 aromatic rings. The van der Waals surface area contributed by atoms with Gasteiger partial charge < -0.3 is 15.4 Å². The minimum absolute atomic E-state index is 0.0331. The summed E-state index contributed by atoms with van der Waals surface area (Å²) in [6, 6.07) is 0.188. The summed E-state index contributed by atoms with van der Waals surface area (Å²) in [6.45, 7) is 4.58. The van der Waals surface area contributed by atoms with Crippen LogP contribution in [0.3, 0.4) is 0 Å². The highest BCUT2D eigenvalue weighted by molar-refractivity contribution is 5.78. The summed E-state index contributed by atoms with van der Waals surface area (Å²) in [7, 11) is 1.70. The molecule has 0 aromatic carbocycles. The quantitative estimate of drug-likeness (QED) is 0.496. The fourth-order valence-corrected chi connectivity index (χ4v) is 1.92. The Kier molecular flexibility index (Phi) is 5.36. The molecule has 1 saturated carbocycles. The molecule has 4 nitrogen and oxygen atoms in total. The van der Waals surface area contributed by atoms with E-state index in [2.05, 4.69) is 17.2 Å². The van der Waals surface area contributed by atoms with Crippen molar-refractivity contribution in [2.75, 3.05) is 20.2 Å². The number of ether oxygens (including phenoxy) is 1. The lowest BCUT2D eigenvalue weighted by Gasteiger charge is -2.19. The lowest BCUT2D eigenvalue weighted by Crippen LogP contribution is -2.44. The zero-order valence-electron chi connectivity index (χ0n) is 9.29. The predicted octanol–water partition coefficient (Wildman–Crippen LogP) is 0.446. The van der Waals surface area contributed by atoms with Gasteiger partial charge >= 0.3 is 0 Å². The number of carbonyl (C=O) groups excluding carboxylic acids is 1. The van der Waals surface area contributed by atoms with Gasteiger partial charge in [0.1, 0.15) is 0 Å². The molecule has 1 rings (SSSR count). The predicted molar refractivity (Wildman–Crippen MR) is 59.6 cm³/mol. The van der Waals surface area contributed by atoms with Gasteiger partial charge in [-0.25, -0.2) is 0 Å². The number of amides is 1. The van der Waals surface area contributed by atoms with E-state index in [0.29, 0.717) is 13.1 Å². The van der Waals surface area contributed by atoms with E-state index in [-0.39, 0.29) is 18.1 Å². The molecule has 86 valence electrons. The molecule has 1 fully saturated rings. The van der Waals surface area contributed by atoms with E-state index < -0.39 is 0 Å². The maximum Gasteiger partial charge on any atom is 0.234 e. The van der Waals surface area contributed by atoms with E-state index >= 15 is 0 Å². The molecule has 0 bridgehead atoms. The molecule has 0 aromatic heterocycles. The molecule has 0 radical (unpaired) electrons. The third kappa shape index (κ3) is 4.01. The molecule has 0 aliphatic heterocycles. The first-order chi connectivity index (χ1) is 7.27. The Balaban J connectivity index is 2.21. The molecule has 1 aliphatic carbocycles. The first kappa shape index (κ1) is 12.2. The van der Waals surface area contributed by atoms with Crippen LogP contribution in [0.15, 0.2) is 12.7 Å². The second kappa shape index (κ2) is 6.58. The van der Waals surface area contributed by atoms with Gasteiger partial charge in [-0.2, -0.15) is 0 Å². The summed E-state index contributed by atoms with van der Waals surface area (Å²) in [4.78, 5) is 11.5. The first-order valence-electron chi connectivity index (χ1n) is 5.41. The molecule has 0 saturated heterocycles. The van der Waals surface area contributed by atoms with Crippen molar-refractivity contribution >= 4 is 5.91 Å².